The van der Waals surface area contributed by atoms with E-state index in [2.05, 4.69) is 93.7 Å². The first kappa shape index (κ1) is 51.3. The van der Waals surface area contributed by atoms with E-state index < -0.39 is 6.10 Å². The summed E-state index contributed by atoms with van der Waals surface area (Å²) in [5.74, 6) is -0.999. The third-order valence-electron chi connectivity index (χ3n) is 8.65. The fourth-order valence-electron chi connectivity index (χ4n) is 5.39. The smallest absolute Gasteiger partial charge is 0.306 e. The summed E-state index contributed by atoms with van der Waals surface area (Å²) in [6.07, 6.45) is 55.4. The van der Waals surface area contributed by atoms with E-state index in [9.17, 15) is 14.4 Å². The van der Waals surface area contributed by atoms with Crippen molar-refractivity contribution < 1.29 is 28.6 Å². The standard InChI is InChI=1S/C49H78O6/c1-4-7-10-13-16-19-22-24-25-26-28-30-33-36-39-42-48(51)54-45-46(44-53-47(50)41-38-35-32-29-21-18-15-12-9-6-3)55-49(52)43-40-37-34-31-27-23-20-17-14-11-8-5-2/h7-8,10-11,13,15-20,22,24-25,27,31,46H,4-6,9,12,14,21,23,26,28-30,32-45H2,1-3H3/b10-7-,11-8-,16-13-,18-15-,20-17-,22-19-,25-24-,31-27-. The van der Waals surface area contributed by atoms with E-state index in [-0.39, 0.29) is 37.5 Å². The summed E-state index contributed by atoms with van der Waals surface area (Å²) >= 11 is 0. The summed E-state index contributed by atoms with van der Waals surface area (Å²) in [5.41, 5.74) is 0. The zero-order valence-corrected chi connectivity index (χ0v) is 35.1. The van der Waals surface area contributed by atoms with Gasteiger partial charge in [0.15, 0.2) is 6.10 Å². The number of allylic oxidation sites excluding steroid dienone is 16. The first-order chi connectivity index (χ1) is 27.0. The molecule has 1 unspecified atom stereocenters. The lowest BCUT2D eigenvalue weighted by atomic mass is 10.1. The minimum Gasteiger partial charge on any atom is -0.462 e. The molecule has 0 bridgehead atoms. The molecule has 55 heavy (non-hydrogen) atoms. The highest BCUT2D eigenvalue weighted by atomic mass is 16.6. The van der Waals surface area contributed by atoms with Gasteiger partial charge in [-0.25, -0.2) is 0 Å². The molecule has 6 heteroatoms. The van der Waals surface area contributed by atoms with E-state index in [0.717, 1.165) is 116 Å². The van der Waals surface area contributed by atoms with Crippen LogP contribution in [-0.4, -0.2) is 37.2 Å². The molecule has 0 N–H and O–H groups in total. The van der Waals surface area contributed by atoms with Crippen LogP contribution in [-0.2, 0) is 28.6 Å². The molecule has 0 fully saturated rings. The van der Waals surface area contributed by atoms with Crippen molar-refractivity contribution >= 4 is 17.9 Å². The van der Waals surface area contributed by atoms with Gasteiger partial charge in [-0.05, 0) is 89.9 Å². The van der Waals surface area contributed by atoms with Gasteiger partial charge in [0.2, 0.25) is 0 Å². The molecule has 0 radical (unpaired) electrons. The lowest BCUT2D eigenvalue weighted by Crippen LogP contribution is -2.30. The summed E-state index contributed by atoms with van der Waals surface area (Å²) in [7, 11) is 0. The number of rotatable bonds is 37. The van der Waals surface area contributed by atoms with Crippen LogP contribution in [0.2, 0.25) is 0 Å². The maximum Gasteiger partial charge on any atom is 0.306 e. The zero-order valence-electron chi connectivity index (χ0n) is 35.1. The molecular weight excluding hydrogens is 685 g/mol. The maximum atomic E-state index is 12.7. The molecule has 0 aromatic rings. The quantitative estimate of drug-likeness (QED) is 0.0206. The van der Waals surface area contributed by atoms with Gasteiger partial charge in [-0.1, -0.05) is 163 Å². The zero-order chi connectivity index (χ0) is 40.1. The van der Waals surface area contributed by atoms with E-state index >= 15 is 0 Å². The number of carbonyl (C=O) groups excluding carboxylic acids is 3. The van der Waals surface area contributed by atoms with Crippen molar-refractivity contribution in [1.29, 1.82) is 0 Å². The molecule has 0 aromatic carbocycles. The SMILES string of the molecule is CC\C=C/C=C\C=C/C=C\CCCCCCCC(=O)OCC(COC(=O)CCCCCC/C=C\CCCC)OC(=O)CCCC/C=C\C/C=C\C/C=C\CC. The third kappa shape index (κ3) is 41.3. The second-order valence-corrected chi connectivity index (χ2v) is 13.9. The number of ether oxygens (including phenoxy) is 3. The van der Waals surface area contributed by atoms with Gasteiger partial charge >= 0.3 is 17.9 Å². The minimum absolute atomic E-state index is 0.109. The number of carbonyl (C=O) groups is 3. The Hall–Kier alpha value is -3.67. The van der Waals surface area contributed by atoms with E-state index in [1.165, 1.54) is 12.8 Å². The Labute approximate surface area is 337 Å². The van der Waals surface area contributed by atoms with Crippen molar-refractivity contribution in [2.45, 2.75) is 181 Å². The van der Waals surface area contributed by atoms with Gasteiger partial charge in [-0.3, -0.25) is 14.4 Å². The first-order valence-corrected chi connectivity index (χ1v) is 21.8. The van der Waals surface area contributed by atoms with Crippen LogP contribution in [0.25, 0.3) is 0 Å². The topological polar surface area (TPSA) is 78.9 Å². The summed E-state index contributed by atoms with van der Waals surface area (Å²) in [6.45, 7) is 6.23. The average Bonchev–Trinajstić information content (AvgIpc) is 3.18. The number of esters is 3. The Morgan fingerprint density at radius 1 is 0.400 bits per heavy atom. The second-order valence-electron chi connectivity index (χ2n) is 13.9. The van der Waals surface area contributed by atoms with Crippen LogP contribution < -0.4 is 0 Å². The summed E-state index contributed by atoms with van der Waals surface area (Å²) in [5, 5.41) is 0. The predicted molar refractivity (Wildman–Crippen MR) is 233 cm³/mol. The molecule has 0 aliphatic carbocycles. The number of hydrogen-bond donors (Lipinski definition) is 0. The molecule has 0 saturated heterocycles. The van der Waals surface area contributed by atoms with E-state index in [4.69, 9.17) is 14.2 Å². The molecule has 0 aliphatic rings. The number of unbranched alkanes of at least 4 members (excludes halogenated alkanes) is 13. The highest BCUT2D eigenvalue weighted by molar-refractivity contribution is 5.71. The first-order valence-electron chi connectivity index (χ1n) is 21.8. The second kappa shape index (κ2) is 43.1. The van der Waals surface area contributed by atoms with E-state index in [1.54, 1.807) is 0 Å². The Morgan fingerprint density at radius 2 is 0.800 bits per heavy atom. The van der Waals surface area contributed by atoms with Crippen molar-refractivity contribution in [3.8, 4) is 0 Å². The molecular formula is C49H78O6. The van der Waals surface area contributed by atoms with Crippen LogP contribution in [0.15, 0.2) is 97.2 Å². The van der Waals surface area contributed by atoms with Crippen LogP contribution in [0, 0.1) is 0 Å². The van der Waals surface area contributed by atoms with Crippen molar-refractivity contribution in [3.63, 3.8) is 0 Å². The summed E-state index contributed by atoms with van der Waals surface area (Å²) in [4.78, 5) is 37.6. The Morgan fingerprint density at radius 3 is 1.38 bits per heavy atom. The molecule has 1 atom stereocenters. The normalized spacial score (nSPS) is 13.0. The van der Waals surface area contributed by atoms with Gasteiger partial charge in [0.05, 0.1) is 0 Å². The van der Waals surface area contributed by atoms with Gasteiger partial charge in [0.1, 0.15) is 13.2 Å². The lowest BCUT2D eigenvalue weighted by molar-refractivity contribution is -0.167. The van der Waals surface area contributed by atoms with Gasteiger partial charge in [-0.2, -0.15) is 0 Å². The van der Waals surface area contributed by atoms with Crippen LogP contribution in [0.5, 0.6) is 0 Å². The highest BCUT2D eigenvalue weighted by Gasteiger charge is 2.19. The third-order valence-corrected chi connectivity index (χ3v) is 8.65. The van der Waals surface area contributed by atoms with Crippen LogP contribution in [0.4, 0.5) is 0 Å². The van der Waals surface area contributed by atoms with Gasteiger partial charge in [-0.15, -0.1) is 0 Å². The molecule has 0 saturated carbocycles. The molecule has 6 nitrogen and oxygen atoms in total. The molecule has 310 valence electrons. The van der Waals surface area contributed by atoms with Crippen molar-refractivity contribution in [1.82, 2.24) is 0 Å². The maximum absolute atomic E-state index is 12.7. The fourth-order valence-corrected chi connectivity index (χ4v) is 5.39. The molecule has 0 amide bonds. The van der Waals surface area contributed by atoms with Crippen molar-refractivity contribution in [3.05, 3.63) is 97.2 Å². The van der Waals surface area contributed by atoms with Crippen LogP contribution >= 0.6 is 0 Å². The summed E-state index contributed by atoms with van der Waals surface area (Å²) < 4.78 is 16.6. The largest absolute Gasteiger partial charge is 0.462 e. The molecule has 0 spiro atoms. The molecule has 0 heterocycles. The number of hydrogen-bond acceptors (Lipinski definition) is 6. The van der Waals surface area contributed by atoms with Crippen molar-refractivity contribution in [2.75, 3.05) is 13.2 Å². The Balaban J connectivity index is 4.51. The molecule has 0 rings (SSSR count). The predicted octanol–water partition coefficient (Wildman–Crippen LogP) is 13.9. The Bertz CT molecular complexity index is 1150. The monoisotopic (exact) mass is 763 g/mol. The lowest BCUT2D eigenvalue weighted by Gasteiger charge is -2.18. The Kier molecular flexibility index (Phi) is 40.2. The van der Waals surface area contributed by atoms with E-state index in [0.29, 0.717) is 19.3 Å². The van der Waals surface area contributed by atoms with Crippen LogP contribution in [0.1, 0.15) is 175 Å². The molecule has 0 aromatic heterocycles. The highest BCUT2D eigenvalue weighted by Crippen LogP contribution is 2.11. The van der Waals surface area contributed by atoms with Crippen LogP contribution in [0.3, 0.4) is 0 Å². The molecule has 0 aliphatic heterocycles. The van der Waals surface area contributed by atoms with Crippen molar-refractivity contribution in [2.24, 2.45) is 0 Å². The van der Waals surface area contributed by atoms with Gasteiger partial charge in [0, 0.05) is 19.3 Å². The van der Waals surface area contributed by atoms with Gasteiger partial charge < -0.3 is 14.2 Å². The van der Waals surface area contributed by atoms with E-state index in [1.807, 2.05) is 24.3 Å². The minimum atomic E-state index is -0.810. The fraction of sp³-hybridized carbons (Fsp3) is 0.612. The average molecular weight is 763 g/mol. The van der Waals surface area contributed by atoms with Gasteiger partial charge in [0.25, 0.3) is 0 Å². The summed E-state index contributed by atoms with van der Waals surface area (Å²) in [6, 6.07) is 0.